The topological polar surface area (TPSA) is 64.3 Å². The summed E-state index contributed by atoms with van der Waals surface area (Å²) in [5.41, 5.74) is 7.23. The van der Waals surface area contributed by atoms with E-state index < -0.39 is 0 Å². The van der Waals surface area contributed by atoms with Crippen molar-refractivity contribution in [3.63, 3.8) is 0 Å². The largest absolute Gasteiger partial charge is 0.495 e. The van der Waals surface area contributed by atoms with E-state index in [0.29, 0.717) is 23.7 Å². The van der Waals surface area contributed by atoms with Gasteiger partial charge < -0.3 is 15.8 Å². The molecule has 0 aliphatic heterocycles. The molecule has 0 bridgehead atoms. The molecular formula is C16H16N2O2S. The number of thiophene rings is 1. The van der Waals surface area contributed by atoms with E-state index in [4.69, 9.17) is 10.5 Å². The predicted molar refractivity (Wildman–Crippen MR) is 84.4 cm³/mol. The lowest BCUT2D eigenvalue weighted by Crippen LogP contribution is -2.22. The van der Waals surface area contributed by atoms with Gasteiger partial charge in [0.15, 0.2) is 0 Å². The number of nitrogens with one attached hydrogen (secondary N) is 1. The van der Waals surface area contributed by atoms with Gasteiger partial charge in [-0.05, 0) is 29.1 Å². The maximum atomic E-state index is 12.1. The first-order chi connectivity index (χ1) is 10.2. The second-order valence-electron chi connectivity index (χ2n) is 4.21. The minimum Gasteiger partial charge on any atom is -0.495 e. The normalized spacial score (nSPS) is 9.62. The van der Waals surface area contributed by atoms with E-state index in [1.54, 1.807) is 13.2 Å². The Morgan fingerprint density at radius 1 is 1.43 bits per heavy atom. The van der Waals surface area contributed by atoms with Crippen LogP contribution in [0.4, 0.5) is 0 Å². The van der Waals surface area contributed by atoms with Gasteiger partial charge >= 0.3 is 0 Å². The Morgan fingerprint density at radius 2 is 2.29 bits per heavy atom. The third kappa shape index (κ3) is 4.09. The second-order valence-corrected chi connectivity index (χ2v) is 5.12. The number of rotatable bonds is 4. The summed E-state index contributed by atoms with van der Waals surface area (Å²) in [5, 5.41) is 4.71. The summed E-state index contributed by atoms with van der Waals surface area (Å²) in [6, 6.07) is 9.49. The van der Waals surface area contributed by atoms with Crippen molar-refractivity contribution < 1.29 is 9.53 Å². The standard InChI is InChI=1S/C16H16N2O2S/c1-20-14-7-9-21-15(14)16(19)18-11-13-5-2-4-12(10-13)6-3-8-17/h2,4-5,7,9-10H,8,11,17H2,1H3,(H,18,19). The fraction of sp³-hybridized carbons (Fsp3) is 0.188. The zero-order chi connectivity index (χ0) is 15.1. The van der Waals surface area contributed by atoms with Crippen LogP contribution in [0, 0.1) is 11.8 Å². The molecule has 1 amide bonds. The van der Waals surface area contributed by atoms with Crippen molar-refractivity contribution in [2.24, 2.45) is 5.73 Å². The molecule has 0 aliphatic carbocycles. The Kier molecular flexibility index (Phi) is 5.38. The van der Waals surface area contributed by atoms with Crippen molar-refractivity contribution in [2.75, 3.05) is 13.7 Å². The monoisotopic (exact) mass is 300 g/mol. The fourth-order valence-electron chi connectivity index (χ4n) is 1.80. The number of carbonyl (C=O) groups excluding carboxylic acids is 1. The summed E-state index contributed by atoms with van der Waals surface area (Å²) in [6.07, 6.45) is 0. The lowest BCUT2D eigenvalue weighted by Gasteiger charge is -2.06. The van der Waals surface area contributed by atoms with E-state index in [2.05, 4.69) is 17.2 Å². The highest BCUT2D eigenvalue weighted by Crippen LogP contribution is 2.24. The molecule has 0 aliphatic rings. The van der Waals surface area contributed by atoms with Crippen molar-refractivity contribution in [2.45, 2.75) is 6.54 Å². The van der Waals surface area contributed by atoms with Crippen LogP contribution in [0.1, 0.15) is 20.8 Å². The molecule has 0 fully saturated rings. The van der Waals surface area contributed by atoms with Crippen molar-refractivity contribution in [3.05, 3.63) is 51.7 Å². The Hall–Kier alpha value is -2.29. The highest BCUT2D eigenvalue weighted by molar-refractivity contribution is 7.12. The molecule has 1 aromatic carbocycles. The smallest absolute Gasteiger partial charge is 0.265 e. The lowest BCUT2D eigenvalue weighted by atomic mass is 10.1. The molecule has 4 nitrogen and oxygen atoms in total. The maximum absolute atomic E-state index is 12.1. The number of hydrogen-bond donors (Lipinski definition) is 2. The molecule has 21 heavy (non-hydrogen) atoms. The summed E-state index contributed by atoms with van der Waals surface area (Å²) in [4.78, 5) is 12.7. The molecule has 0 radical (unpaired) electrons. The average molecular weight is 300 g/mol. The maximum Gasteiger partial charge on any atom is 0.265 e. The first kappa shape index (κ1) is 15.1. The van der Waals surface area contributed by atoms with Gasteiger partial charge in [0.25, 0.3) is 5.91 Å². The molecule has 5 heteroatoms. The molecule has 0 saturated carbocycles. The van der Waals surface area contributed by atoms with Crippen molar-refractivity contribution in [3.8, 4) is 17.6 Å². The van der Waals surface area contributed by atoms with Crippen LogP contribution in [0.3, 0.4) is 0 Å². The van der Waals surface area contributed by atoms with Crippen LogP contribution in [0.2, 0.25) is 0 Å². The van der Waals surface area contributed by atoms with Gasteiger partial charge in [-0.15, -0.1) is 11.3 Å². The van der Waals surface area contributed by atoms with E-state index in [9.17, 15) is 4.79 Å². The molecule has 0 atom stereocenters. The molecule has 1 heterocycles. The third-order valence-corrected chi connectivity index (χ3v) is 3.66. The molecule has 0 spiro atoms. The summed E-state index contributed by atoms with van der Waals surface area (Å²) >= 11 is 1.36. The van der Waals surface area contributed by atoms with E-state index in [0.717, 1.165) is 11.1 Å². The zero-order valence-corrected chi connectivity index (χ0v) is 12.5. The minimum atomic E-state index is -0.139. The van der Waals surface area contributed by atoms with Gasteiger partial charge in [-0.3, -0.25) is 4.79 Å². The molecule has 108 valence electrons. The number of carbonyl (C=O) groups is 1. The van der Waals surface area contributed by atoms with Crippen LogP contribution in [-0.4, -0.2) is 19.6 Å². The highest BCUT2D eigenvalue weighted by atomic mass is 32.1. The quantitative estimate of drug-likeness (QED) is 0.849. The Labute approximate surface area is 127 Å². The Bertz CT molecular complexity index is 683. The molecule has 2 rings (SSSR count). The SMILES string of the molecule is COc1ccsc1C(=O)NCc1cccc(C#CCN)c1. The molecule has 0 unspecified atom stereocenters. The van der Waals surface area contributed by atoms with E-state index >= 15 is 0 Å². The predicted octanol–water partition coefficient (Wildman–Crippen LogP) is 2.00. The number of hydrogen-bond acceptors (Lipinski definition) is 4. The number of ether oxygens (including phenoxy) is 1. The third-order valence-electron chi connectivity index (χ3n) is 2.77. The highest BCUT2D eigenvalue weighted by Gasteiger charge is 2.13. The summed E-state index contributed by atoms with van der Waals surface area (Å²) in [7, 11) is 1.55. The van der Waals surface area contributed by atoms with Crippen LogP contribution >= 0.6 is 11.3 Å². The van der Waals surface area contributed by atoms with Crippen molar-refractivity contribution >= 4 is 17.2 Å². The van der Waals surface area contributed by atoms with Crippen LogP contribution < -0.4 is 15.8 Å². The van der Waals surface area contributed by atoms with Gasteiger partial charge in [-0.1, -0.05) is 24.0 Å². The molecule has 0 saturated heterocycles. The van der Waals surface area contributed by atoms with E-state index in [-0.39, 0.29) is 5.91 Å². The van der Waals surface area contributed by atoms with Crippen molar-refractivity contribution in [1.29, 1.82) is 0 Å². The van der Waals surface area contributed by atoms with Crippen molar-refractivity contribution in [1.82, 2.24) is 5.32 Å². The Morgan fingerprint density at radius 3 is 3.05 bits per heavy atom. The van der Waals surface area contributed by atoms with Gasteiger partial charge in [0.05, 0.1) is 13.7 Å². The molecule has 3 N–H and O–H groups in total. The number of nitrogens with two attached hydrogens (primary N) is 1. The Balaban J connectivity index is 2.01. The van der Waals surface area contributed by atoms with Gasteiger partial charge in [0, 0.05) is 12.1 Å². The summed E-state index contributed by atoms with van der Waals surface area (Å²) in [6.45, 7) is 0.775. The van der Waals surface area contributed by atoms with Gasteiger partial charge in [0.1, 0.15) is 10.6 Å². The van der Waals surface area contributed by atoms with Gasteiger partial charge in [0.2, 0.25) is 0 Å². The average Bonchev–Trinajstić information content (AvgIpc) is 2.99. The van der Waals surface area contributed by atoms with Crippen LogP contribution in [0.15, 0.2) is 35.7 Å². The minimum absolute atomic E-state index is 0.139. The fourth-order valence-corrected chi connectivity index (χ4v) is 2.57. The first-order valence-electron chi connectivity index (χ1n) is 6.42. The van der Waals surface area contributed by atoms with Crippen LogP contribution in [0.25, 0.3) is 0 Å². The van der Waals surface area contributed by atoms with Gasteiger partial charge in [-0.2, -0.15) is 0 Å². The van der Waals surface area contributed by atoms with Crippen LogP contribution in [-0.2, 0) is 6.54 Å². The lowest BCUT2D eigenvalue weighted by molar-refractivity contribution is 0.0952. The first-order valence-corrected chi connectivity index (χ1v) is 7.30. The number of benzene rings is 1. The summed E-state index contributed by atoms with van der Waals surface area (Å²) in [5.74, 6) is 6.24. The van der Waals surface area contributed by atoms with E-state index in [1.807, 2.05) is 29.6 Å². The van der Waals surface area contributed by atoms with E-state index in [1.165, 1.54) is 11.3 Å². The zero-order valence-electron chi connectivity index (χ0n) is 11.7. The second kappa shape index (κ2) is 7.48. The van der Waals surface area contributed by atoms with Crippen LogP contribution in [0.5, 0.6) is 5.75 Å². The molecular weight excluding hydrogens is 284 g/mol. The molecule has 1 aromatic heterocycles. The summed E-state index contributed by atoms with van der Waals surface area (Å²) < 4.78 is 5.14. The number of amides is 1. The number of methoxy groups -OCH3 is 1. The van der Waals surface area contributed by atoms with Gasteiger partial charge in [-0.25, -0.2) is 0 Å². The molecule has 2 aromatic rings.